The van der Waals surface area contributed by atoms with Gasteiger partial charge in [0.1, 0.15) is 0 Å². The molecule has 1 aliphatic rings. The zero-order valence-electron chi connectivity index (χ0n) is 14.3. The highest BCUT2D eigenvalue weighted by molar-refractivity contribution is 7.89. The fourth-order valence-corrected chi connectivity index (χ4v) is 4.46. The number of halogens is 3. The van der Waals surface area contributed by atoms with Crippen LogP contribution in [0.15, 0.2) is 47.5 Å². The molecule has 1 aliphatic carbocycles. The van der Waals surface area contributed by atoms with Crippen LogP contribution in [0.25, 0.3) is 11.3 Å². The molecule has 1 aromatic carbocycles. The highest BCUT2D eigenvalue weighted by atomic mass is 32.2. The van der Waals surface area contributed by atoms with Crippen molar-refractivity contribution in [3.8, 4) is 11.3 Å². The Hall–Kier alpha value is -1.97. The van der Waals surface area contributed by atoms with Gasteiger partial charge in [-0.2, -0.15) is 13.2 Å². The molecule has 0 saturated heterocycles. The van der Waals surface area contributed by atoms with Crippen molar-refractivity contribution in [3.63, 3.8) is 0 Å². The second-order valence-corrected chi connectivity index (χ2v) is 8.35. The number of nitrogens with one attached hydrogen (secondary N) is 1. The Bertz CT molecular complexity index is 882. The molecule has 9 heteroatoms. The van der Waals surface area contributed by atoms with Crippen molar-refractivity contribution in [2.45, 2.75) is 36.4 Å². The molecule has 2 atom stereocenters. The van der Waals surface area contributed by atoms with E-state index in [-0.39, 0.29) is 23.5 Å². The Morgan fingerprint density at radius 1 is 1.11 bits per heavy atom. The Morgan fingerprint density at radius 2 is 1.81 bits per heavy atom. The minimum atomic E-state index is -4.45. The van der Waals surface area contributed by atoms with Crippen LogP contribution in [0.5, 0.6) is 0 Å². The summed E-state index contributed by atoms with van der Waals surface area (Å²) in [4.78, 5) is 3.87. The zero-order valence-corrected chi connectivity index (χ0v) is 15.1. The van der Waals surface area contributed by atoms with Crippen LogP contribution in [0.1, 0.15) is 24.8 Å². The highest BCUT2D eigenvalue weighted by Gasteiger charge is 2.31. The second-order valence-electron chi connectivity index (χ2n) is 6.63. The van der Waals surface area contributed by atoms with Crippen LogP contribution >= 0.6 is 0 Å². The van der Waals surface area contributed by atoms with E-state index in [1.807, 2.05) is 0 Å². The van der Waals surface area contributed by atoms with Crippen molar-refractivity contribution < 1.29 is 26.7 Å². The number of sulfonamides is 1. The third kappa shape index (κ3) is 4.66. The first-order valence-corrected chi connectivity index (χ1v) is 9.94. The number of nitrogens with zero attached hydrogens (tertiary/aromatic N) is 1. The summed E-state index contributed by atoms with van der Waals surface area (Å²) in [6.07, 6.45) is -1.65. The summed E-state index contributed by atoms with van der Waals surface area (Å²) < 4.78 is 65.4. The number of aliphatic hydroxyl groups excluding tert-OH is 1. The lowest BCUT2D eigenvalue weighted by atomic mass is 10.1. The molecule has 2 unspecified atom stereocenters. The molecule has 0 radical (unpaired) electrons. The Morgan fingerprint density at radius 3 is 2.33 bits per heavy atom. The minimum Gasteiger partial charge on any atom is -0.396 e. The monoisotopic (exact) mass is 400 g/mol. The van der Waals surface area contributed by atoms with Crippen LogP contribution in [0.2, 0.25) is 0 Å². The summed E-state index contributed by atoms with van der Waals surface area (Å²) in [5.74, 6) is 0.117. The number of benzene rings is 1. The van der Waals surface area contributed by atoms with Crippen molar-refractivity contribution in [1.82, 2.24) is 9.71 Å². The fourth-order valence-electron chi connectivity index (χ4n) is 3.17. The van der Waals surface area contributed by atoms with Crippen LogP contribution in [0.3, 0.4) is 0 Å². The maximum Gasteiger partial charge on any atom is 0.417 e. The van der Waals surface area contributed by atoms with Crippen molar-refractivity contribution in [2.75, 3.05) is 6.61 Å². The summed E-state index contributed by atoms with van der Waals surface area (Å²) in [6.45, 7) is 0.0487. The predicted molar refractivity (Wildman–Crippen MR) is 93.2 cm³/mol. The van der Waals surface area contributed by atoms with Gasteiger partial charge in [0, 0.05) is 24.4 Å². The van der Waals surface area contributed by atoms with Crippen LogP contribution < -0.4 is 4.72 Å². The summed E-state index contributed by atoms with van der Waals surface area (Å²) in [5, 5.41) is 9.15. The average Bonchev–Trinajstić information content (AvgIpc) is 3.08. The molecule has 146 valence electrons. The van der Waals surface area contributed by atoms with E-state index in [0.29, 0.717) is 24.1 Å². The molecule has 5 nitrogen and oxygen atoms in total. The van der Waals surface area contributed by atoms with Crippen LogP contribution in [0, 0.1) is 5.92 Å². The molecule has 0 amide bonds. The number of aromatic nitrogens is 1. The number of rotatable bonds is 5. The van der Waals surface area contributed by atoms with Gasteiger partial charge < -0.3 is 5.11 Å². The number of aliphatic hydroxyl groups is 1. The molecule has 3 rings (SSSR count). The second kappa shape index (κ2) is 7.57. The van der Waals surface area contributed by atoms with E-state index in [1.54, 1.807) is 0 Å². The molecule has 1 aromatic heterocycles. The number of pyridine rings is 1. The first kappa shape index (κ1) is 19.8. The van der Waals surface area contributed by atoms with Crippen molar-refractivity contribution >= 4 is 10.0 Å². The Kier molecular flexibility index (Phi) is 5.55. The molecule has 0 aliphatic heterocycles. The van der Waals surface area contributed by atoms with E-state index in [4.69, 9.17) is 5.11 Å². The largest absolute Gasteiger partial charge is 0.417 e. The standard InChI is InChI=1S/C18H19F3N2O3S/c19-18(20,21)14-4-8-17(22-10-14)13-2-6-16(7-3-13)27(25,26)23-15-5-1-12(9-15)11-24/h2-4,6-8,10,12,15,23-24H,1,5,9,11H2. The van der Waals surface area contributed by atoms with Gasteiger partial charge in [-0.1, -0.05) is 12.1 Å². The SMILES string of the molecule is O=S(=O)(NC1CCC(CO)C1)c1ccc(-c2ccc(C(F)(F)F)cn2)cc1. The molecule has 0 bridgehead atoms. The summed E-state index contributed by atoms with van der Waals surface area (Å²) in [7, 11) is -3.70. The predicted octanol–water partition coefficient (Wildman–Crippen LogP) is 3.21. The van der Waals surface area contributed by atoms with Gasteiger partial charge in [-0.05, 0) is 49.4 Å². The van der Waals surface area contributed by atoms with Crippen molar-refractivity contribution in [1.29, 1.82) is 0 Å². The van der Waals surface area contributed by atoms with E-state index in [9.17, 15) is 21.6 Å². The fraction of sp³-hybridized carbons (Fsp3) is 0.389. The average molecular weight is 400 g/mol. The van der Waals surface area contributed by atoms with Gasteiger partial charge in [0.15, 0.2) is 0 Å². The van der Waals surface area contributed by atoms with E-state index in [1.165, 1.54) is 30.3 Å². The molecule has 1 fully saturated rings. The van der Waals surface area contributed by atoms with Gasteiger partial charge in [-0.25, -0.2) is 13.1 Å². The molecule has 1 heterocycles. The first-order chi connectivity index (χ1) is 12.7. The van der Waals surface area contributed by atoms with Crippen LogP contribution in [0.4, 0.5) is 13.2 Å². The van der Waals surface area contributed by atoms with Gasteiger partial charge in [-0.15, -0.1) is 0 Å². The maximum atomic E-state index is 12.6. The van der Waals surface area contributed by atoms with Gasteiger partial charge >= 0.3 is 6.18 Å². The number of alkyl halides is 3. The molecular weight excluding hydrogens is 381 g/mol. The molecule has 0 spiro atoms. The molecular formula is C18H19F3N2O3S. The van der Waals surface area contributed by atoms with E-state index in [0.717, 1.165) is 18.7 Å². The van der Waals surface area contributed by atoms with Crippen molar-refractivity contribution in [3.05, 3.63) is 48.2 Å². The van der Waals surface area contributed by atoms with Gasteiger partial charge in [0.25, 0.3) is 0 Å². The Labute approximate surface area is 155 Å². The lowest BCUT2D eigenvalue weighted by molar-refractivity contribution is -0.137. The lowest BCUT2D eigenvalue weighted by Crippen LogP contribution is -2.33. The van der Waals surface area contributed by atoms with Gasteiger partial charge in [-0.3, -0.25) is 4.98 Å². The molecule has 2 N–H and O–H groups in total. The molecule has 1 saturated carbocycles. The quantitative estimate of drug-likeness (QED) is 0.808. The Balaban J connectivity index is 1.73. The highest BCUT2D eigenvalue weighted by Crippen LogP contribution is 2.30. The third-order valence-electron chi connectivity index (χ3n) is 4.67. The summed E-state index contributed by atoms with van der Waals surface area (Å²) in [6, 6.07) is 7.79. The molecule has 27 heavy (non-hydrogen) atoms. The van der Waals surface area contributed by atoms with E-state index in [2.05, 4.69) is 9.71 Å². The molecule has 2 aromatic rings. The summed E-state index contributed by atoms with van der Waals surface area (Å²) >= 11 is 0. The van der Waals surface area contributed by atoms with Gasteiger partial charge in [0.2, 0.25) is 10.0 Å². The smallest absolute Gasteiger partial charge is 0.396 e. The minimum absolute atomic E-state index is 0.0487. The van der Waals surface area contributed by atoms with E-state index >= 15 is 0 Å². The third-order valence-corrected chi connectivity index (χ3v) is 6.21. The normalized spacial score (nSPS) is 20.7. The maximum absolute atomic E-state index is 12.6. The lowest BCUT2D eigenvalue weighted by Gasteiger charge is -2.13. The zero-order chi connectivity index (χ0) is 19.7. The van der Waals surface area contributed by atoms with Crippen molar-refractivity contribution in [2.24, 2.45) is 5.92 Å². The van der Waals surface area contributed by atoms with Crippen LogP contribution in [-0.2, 0) is 16.2 Å². The number of hydrogen-bond acceptors (Lipinski definition) is 4. The summed E-state index contributed by atoms with van der Waals surface area (Å²) in [5.41, 5.74) is -0.00207. The van der Waals surface area contributed by atoms with Crippen LogP contribution in [-0.4, -0.2) is 31.2 Å². The number of hydrogen-bond donors (Lipinski definition) is 2. The topological polar surface area (TPSA) is 79.3 Å². The van der Waals surface area contributed by atoms with E-state index < -0.39 is 21.8 Å². The van der Waals surface area contributed by atoms with Gasteiger partial charge in [0.05, 0.1) is 16.2 Å². The first-order valence-electron chi connectivity index (χ1n) is 8.46.